The summed E-state index contributed by atoms with van der Waals surface area (Å²) in [7, 11) is 1.67. The van der Waals surface area contributed by atoms with Crippen molar-refractivity contribution in [2.24, 2.45) is 5.92 Å². The fourth-order valence-electron chi connectivity index (χ4n) is 3.62. The molecule has 1 amide bonds. The van der Waals surface area contributed by atoms with Crippen molar-refractivity contribution in [3.63, 3.8) is 0 Å². The Morgan fingerprint density at radius 1 is 1.43 bits per heavy atom. The van der Waals surface area contributed by atoms with Gasteiger partial charge in [-0.3, -0.25) is 4.79 Å². The highest BCUT2D eigenvalue weighted by molar-refractivity contribution is 5.78. The topological polar surface area (TPSA) is 133 Å². The first-order valence-electron chi connectivity index (χ1n) is 9.63. The molecule has 0 radical (unpaired) electrons. The highest BCUT2D eigenvalue weighted by Gasteiger charge is 2.34. The van der Waals surface area contributed by atoms with E-state index in [1.165, 1.54) is 0 Å². The van der Waals surface area contributed by atoms with E-state index in [0.29, 0.717) is 25.2 Å². The van der Waals surface area contributed by atoms with Gasteiger partial charge in [-0.15, -0.1) is 10.2 Å². The maximum atomic E-state index is 12.6. The van der Waals surface area contributed by atoms with E-state index >= 15 is 0 Å². The first kappa shape index (κ1) is 20.0. The van der Waals surface area contributed by atoms with E-state index in [9.17, 15) is 4.79 Å². The fraction of sp³-hybridized carbons (Fsp3) is 0.611. The van der Waals surface area contributed by atoms with Gasteiger partial charge in [0, 0.05) is 38.7 Å². The quantitative estimate of drug-likeness (QED) is 0.599. The third-order valence-electron chi connectivity index (χ3n) is 5.16. The second kappa shape index (κ2) is 9.45. The summed E-state index contributed by atoms with van der Waals surface area (Å²) in [6.45, 7) is 3.41. The third-order valence-corrected chi connectivity index (χ3v) is 5.16. The Morgan fingerprint density at radius 3 is 3.04 bits per heavy atom. The van der Waals surface area contributed by atoms with Crippen molar-refractivity contribution in [1.82, 2.24) is 30.0 Å². The number of carbonyl (C=O) groups is 1. The monoisotopic (exact) mass is 388 g/mol. The molecular formula is C18H28N8O2. The molecule has 1 fully saturated rings. The highest BCUT2D eigenvalue weighted by atomic mass is 16.5. The molecule has 0 unspecified atom stereocenters. The minimum absolute atomic E-state index is 0.0642. The molecule has 2 aromatic rings. The van der Waals surface area contributed by atoms with Crippen molar-refractivity contribution in [3.8, 4) is 0 Å². The van der Waals surface area contributed by atoms with Crippen LogP contribution in [0.15, 0.2) is 18.6 Å². The molecule has 0 saturated heterocycles. The summed E-state index contributed by atoms with van der Waals surface area (Å²) in [6, 6.07) is 1.85. The number of nitrogens with zero attached hydrogens (tertiary/aromatic N) is 5. The van der Waals surface area contributed by atoms with E-state index in [-0.39, 0.29) is 29.9 Å². The van der Waals surface area contributed by atoms with E-state index in [4.69, 9.17) is 10.5 Å². The number of hydrogen-bond donors (Lipinski definition) is 3. The van der Waals surface area contributed by atoms with Gasteiger partial charge in [-0.05, 0) is 32.3 Å². The van der Waals surface area contributed by atoms with Gasteiger partial charge < -0.3 is 25.7 Å². The van der Waals surface area contributed by atoms with Crippen LogP contribution in [-0.2, 0) is 22.5 Å². The van der Waals surface area contributed by atoms with Gasteiger partial charge in [0.2, 0.25) is 11.9 Å². The Bertz CT molecular complexity index is 780. The zero-order chi connectivity index (χ0) is 19.9. The third kappa shape index (κ3) is 4.94. The Hall–Kier alpha value is -2.75. The Kier molecular flexibility index (Phi) is 6.75. The Balaban J connectivity index is 1.49. The molecular weight excluding hydrogens is 360 g/mol. The van der Waals surface area contributed by atoms with Crippen LogP contribution in [0.3, 0.4) is 0 Å². The number of amides is 1. The molecule has 2 aromatic heterocycles. The molecule has 10 nitrogen and oxygen atoms in total. The number of hydrogen-bond acceptors (Lipinski definition) is 8. The zero-order valence-electron chi connectivity index (χ0n) is 16.3. The number of aromatic nitrogens is 5. The summed E-state index contributed by atoms with van der Waals surface area (Å²) in [5.74, 6) is 1.78. The molecule has 10 heteroatoms. The lowest BCUT2D eigenvalue weighted by Crippen LogP contribution is -2.45. The van der Waals surface area contributed by atoms with Gasteiger partial charge in [0.15, 0.2) is 0 Å². The summed E-state index contributed by atoms with van der Waals surface area (Å²) < 4.78 is 7.62. The van der Waals surface area contributed by atoms with Crippen LogP contribution in [-0.4, -0.2) is 56.4 Å². The molecule has 3 rings (SSSR count). The average molecular weight is 388 g/mol. The van der Waals surface area contributed by atoms with Crippen LogP contribution in [0.1, 0.15) is 32.0 Å². The number of nitrogen functional groups attached to an aromatic ring is 1. The lowest BCUT2D eigenvalue weighted by molar-refractivity contribution is -0.127. The molecule has 0 aromatic carbocycles. The molecule has 28 heavy (non-hydrogen) atoms. The number of rotatable bonds is 8. The average Bonchev–Trinajstić information content (AvgIpc) is 3.15. The van der Waals surface area contributed by atoms with Crippen molar-refractivity contribution in [2.75, 3.05) is 24.7 Å². The fourth-order valence-corrected chi connectivity index (χ4v) is 3.62. The number of nitrogens with two attached hydrogens (primary N) is 1. The predicted molar refractivity (Wildman–Crippen MR) is 104 cm³/mol. The molecule has 3 atom stereocenters. The van der Waals surface area contributed by atoms with Gasteiger partial charge in [0.1, 0.15) is 18.0 Å². The van der Waals surface area contributed by atoms with E-state index in [2.05, 4.69) is 30.8 Å². The second-order valence-corrected chi connectivity index (χ2v) is 6.91. The minimum atomic E-state index is -0.0797. The standard InChI is InChI=1S/C18H28N8O2/c1-3-26-11-22-25-16(26)7-9-20-17(27)12-4-5-13(14(10-12)28-2)23-15-6-8-21-18(19)24-15/h6,8,11-14H,3-5,7,9-10H2,1-2H3,(H,20,27)(H3,19,21,23,24)/t12-,13-,14-/m0/s1. The van der Waals surface area contributed by atoms with Crippen LogP contribution in [0.5, 0.6) is 0 Å². The van der Waals surface area contributed by atoms with Gasteiger partial charge >= 0.3 is 0 Å². The van der Waals surface area contributed by atoms with Gasteiger partial charge in [-0.25, -0.2) is 4.98 Å². The molecule has 1 aliphatic rings. The summed E-state index contributed by atoms with van der Waals surface area (Å²) >= 11 is 0. The smallest absolute Gasteiger partial charge is 0.223 e. The molecule has 0 bridgehead atoms. The minimum Gasteiger partial charge on any atom is -0.379 e. The number of nitrogens with one attached hydrogen (secondary N) is 2. The molecule has 4 N–H and O–H groups in total. The van der Waals surface area contributed by atoms with E-state index in [0.717, 1.165) is 25.2 Å². The molecule has 2 heterocycles. The van der Waals surface area contributed by atoms with E-state index < -0.39 is 0 Å². The van der Waals surface area contributed by atoms with Crippen LogP contribution in [0, 0.1) is 5.92 Å². The molecule has 1 aliphatic carbocycles. The van der Waals surface area contributed by atoms with Crippen LogP contribution in [0.25, 0.3) is 0 Å². The second-order valence-electron chi connectivity index (χ2n) is 6.91. The van der Waals surface area contributed by atoms with Crippen molar-refractivity contribution in [1.29, 1.82) is 0 Å². The van der Waals surface area contributed by atoms with Gasteiger partial charge in [0.05, 0.1) is 12.1 Å². The van der Waals surface area contributed by atoms with Crippen LogP contribution in [0.4, 0.5) is 11.8 Å². The SMILES string of the molecule is CCn1cnnc1CCNC(=O)[C@H]1CC[C@H](Nc2ccnc(N)n2)[C@@H](OC)C1. The molecule has 1 saturated carbocycles. The van der Waals surface area contributed by atoms with Crippen LogP contribution < -0.4 is 16.4 Å². The maximum absolute atomic E-state index is 12.6. The predicted octanol–water partition coefficient (Wildman–Crippen LogP) is 0.625. The molecule has 0 spiro atoms. The summed E-state index contributed by atoms with van der Waals surface area (Å²) in [4.78, 5) is 20.7. The largest absolute Gasteiger partial charge is 0.379 e. The van der Waals surface area contributed by atoms with Crippen LogP contribution >= 0.6 is 0 Å². The zero-order valence-corrected chi connectivity index (χ0v) is 16.3. The molecule has 0 aliphatic heterocycles. The first-order chi connectivity index (χ1) is 13.6. The lowest BCUT2D eigenvalue weighted by Gasteiger charge is -2.35. The van der Waals surface area contributed by atoms with Crippen molar-refractivity contribution < 1.29 is 9.53 Å². The lowest BCUT2D eigenvalue weighted by atomic mass is 9.83. The normalized spacial score (nSPS) is 22.0. The van der Waals surface area contributed by atoms with Gasteiger partial charge in [0.25, 0.3) is 0 Å². The highest BCUT2D eigenvalue weighted by Crippen LogP contribution is 2.28. The van der Waals surface area contributed by atoms with Crippen LogP contribution in [0.2, 0.25) is 0 Å². The van der Waals surface area contributed by atoms with Gasteiger partial charge in [-0.2, -0.15) is 4.98 Å². The summed E-state index contributed by atoms with van der Waals surface area (Å²) in [5.41, 5.74) is 5.64. The van der Waals surface area contributed by atoms with Gasteiger partial charge in [-0.1, -0.05) is 0 Å². The number of aryl methyl sites for hydroxylation is 1. The Morgan fingerprint density at radius 2 is 2.29 bits per heavy atom. The molecule has 152 valence electrons. The van der Waals surface area contributed by atoms with Crippen molar-refractivity contribution in [3.05, 3.63) is 24.4 Å². The summed E-state index contributed by atoms with van der Waals surface area (Å²) in [5, 5.41) is 14.4. The number of ether oxygens (including phenoxy) is 1. The number of anilines is 2. The number of carbonyl (C=O) groups excluding carboxylic acids is 1. The van der Waals surface area contributed by atoms with Crippen molar-refractivity contribution >= 4 is 17.7 Å². The Labute approximate surface area is 164 Å². The summed E-state index contributed by atoms with van der Waals surface area (Å²) in [6.07, 6.45) is 6.17. The number of methoxy groups -OCH3 is 1. The van der Waals surface area contributed by atoms with Crippen molar-refractivity contribution in [2.45, 2.75) is 51.3 Å². The van der Waals surface area contributed by atoms with E-state index in [1.54, 1.807) is 25.7 Å². The maximum Gasteiger partial charge on any atom is 0.223 e. The van der Waals surface area contributed by atoms with E-state index in [1.807, 2.05) is 11.5 Å². The first-order valence-corrected chi connectivity index (χ1v) is 9.63.